The Morgan fingerprint density at radius 2 is 1.85 bits per heavy atom. The van der Waals surface area contributed by atoms with Gasteiger partial charge in [-0.25, -0.2) is 9.18 Å². The first kappa shape index (κ1) is 24.0. The summed E-state index contributed by atoms with van der Waals surface area (Å²) in [5, 5.41) is 2.81. The number of nitrogens with zero attached hydrogens (tertiary/aromatic N) is 1. The highest BCUT2D eigenvalue weighted by molar-refractivity contribution is 14.1. The Bertz CT molecular complexity index is 1280. The normalized spacial score (nSPS) is 14.5. The van der Waals surface area contributed by atoms with Crippen LogP contribution in [0, 0.1) is 9.39 Å². The molecule has 0 spiro atoms. The smallest absolute Gasteiger partial charge is 0.329 e. The third-order valence-electron chi connectivity index (χ3n) is 5.11. The Morgan fingerprint density at radius 3 is 2.56 bits per heavy atom. The molecule has 3 aromatic rings. The number of urea groups is 1. The van der Waals surface area contributed by atoms with Gasteiger partial charge in [-0.3, -0.25) is 9.69 Å². The van der Waals surface area contributed by atoms with Gasteiger partial charge in [0.2, 0.25) is 0 Å². The first-order chi connectivity index (χ1) is 16.4. The van der Waals surface area contributed by atoms with E-state index in [0.717, 1.165) is 14.0 Å². The molecule has 9 heteroatoms. The molecule has 0 aromatic heterocycles. The molecule has 0 bridgehead atoms. The highest BCUT2D eigenvalue weighted by Gasteiger charge is 2.34. The van der Waals surface area contributed by atoms with Crippen molar-refractivity contribution >= 4 is 52.2 Å². The Balaban J connectivity index is 1.53. The number of benzene rings is 3. The summed E-state index contributed by atoms with van der Waals surface area (Å²) in [5.41, 5.74) is 1.79. The quantitative estimate of drug-likeness (QED) is 0.215. The predicted molar refractivity (Wildman–Crippen MR) is 135 cm³/mol. The number of carbonyl (C=O) groups is 2. The fourth-order valence-corrected chi connectivity index (χ4v) is 4.01. The van der Waals surface area contributed by atoms with E-state index in [1.54, 1.807) is 24.3 Å². The number of hydrogen-bond acceptors (Lipinski definition) is 4. The third kappa shape index (κ3) is 5.34. The highest BCUT2D eigenvalue weighted by Crippen LogP contribution is 2.37. The van der Waals surface area contributed by atoms with Crippen LogP contribution >= 0.6 is 34.2 Å². The summed E-state index contributed by atoms with van der Waals surface area (Å²) in [6, 6.07) is 16.5. The van der Waals surface area contributed by atoms with Crippen LogP contribution in [0.1, 0.15) is 16.7 Å². The second-order valence-corrected chi connectivity index (χ2v) is 9.07. The van der Waals surface area contributed by atoms with Gasteiger partial charge < -0.3 is 14.8 Å². The summed E-state index contributed by atoms with van der Waals surface area (Å²) < 4.78 is 26.4. The van der Waals surface area contributed by atoms with Crippen molar-refractivity contribution in [3.8, 4) is 11.5 Å². The van der Waals surface area contributed by atoms with Gasteiger partial charge in [0.1, 0.15) is 18.1 Å². The minimum absolute atomic E-state index is 0.0482. The minimum atomic E-state index is -0.630. The number of halogens is 3. The lowest BCUT2D eigenvalue weighted by Crippen LogP contribution is -2.30. The lowest BCUT2D eigenvalue weighted by Gasteiger charge is -2.14. The van der Waals surface area contributed by atoms with E-state index in [1.807, 2.05) is 24.3 Å². The molecule has 1 aliphatic rings. The van der Waals surface area contributed by atoms with Gasteiger partial charge >= 0.3 is 6.03 Å². The number of rotatable bonds is 7. The Morgan fingerprint density at radius 1 is 1.12 bits per heavy atom. The molecule has 4 rings (SSSR count). The number of nitrogens with one attached hydrogen (secondary N) is 1. The van der Waals surface area contributed by atoms with Crippen LogP contribution in [-0.4, -0.2) is 23.9 Å². The van der Waals surface area contributed by atoms with Crippen molar-refractivity contribution in [2.45, 2.75) is 13.2 Å². The monoisotopic (exact) mass is 592 g/mol. The second-order valence-electron chi connectivity index (χ2n) is 7.42. The van der Waals surface area contributed by atoms with Gasteiger partial charge in [-0.2, -0.15) is 0 Å². The maximum atomic E-state index is 14.0. The summed E-state index contributed by atoms with van der Waals surface area (Å²) in [7, 11) is 1.49. The standard InChI is InChI=1S/C25H19ClFIN2O4/c1-33-22-12-16(10-19(26)23(22)34-14-15-6-8-18(28)9-7-15)11-21-24(31)30(25(32)29-21)13-17-4-2-3-5-20(17)27/h2-12H,13-14H2,1H3,(H,29,32)/b21-11+. The molecule has 0 saturated carbocycles. The maximum Gasteiger partial charge on any atom is 0.329 e. The van der Waals surface area contributed by atoms with E-state index in [0.29, 0.717) is 23.7 Å². The second kappa shape index (κ2) is 10.4. The van der Waals surface area contributed by atoms with Crippen LogP contribution < -0.4 is 14.8 Å². The van der Waals surface area contributed by atoms with Crippen LogP contribution in [0.4, 0.5) is 9.18 Å². The van der Waals surface area contributed by atoms with E-state index in [9.17, 15) is 14.0 Å². The molecule has 0 atom stereocenters. The number of amides is 3. The fraction of sp³-hybridized carbons (Fsp3) is 0.120. The third-order valence-corrected chi connectivity index (χ3v) is 6.11. The lowest BCUT2D eigenvalue weighted by molar-refractivity contribution is -0.123. The van der Waals surface area contributed by atoms with Crippen LogP contribution in [0.2, 0.25) is 5.02 Å². The van der Waals surface area contributed by atoms with Crippen molar-refractivity contribution in [3.05, 3.63) is 97.5 Å². The average Bonchev–Trinajstić information content (AvgIpc) is 3.07. The largest absolute Gasteiger partial charge is 0.493 e. The van der Waals surface area contributed by atoms with Crippen LogP contribution in [0.3, 0.4) is 0 Å². The van der Waals surface area contributed by atoms with E-state index in [1.165, 1.54) is 25.3 Å². The van der Waals surface area contributed by atoms with Crippen LogP contribution in [0.15, 0.2) is 66.4 Å². The first-order valence-electron chi connectivity index (χ1n) is 10.2. The molecule has 6 nitrogen and oxygen atoms in total. The molecule has 0 unspecified atom stereocenters. The molecule has 1 heterocycles. The zero-order valence-corrected chi connectivity index (χ0v) is 20.9. The summed E-state index contributed by atoms with van der Waals surface area (Å²) in [6.07, 6.45) is 1.49. The number of hydrogen-bond donors (Lipinski definition) is 1. The molecular weight excluding hydrogens is 574 g/mol. The van der Waals surface area contributed by atoms with Crippen LogP contribution in [0.5, 0.6) is 11.5 Å². The van der Waals surface area contributed by atoms with E-state index in [-0.39, 0.29) is 22.8 Å². The molecule has 3 amide bonds. The molecule has 1 N–H and O–H groups in total. The van der Waals surface area contributed by atoms with Gasteiger partial charge in [0.15, 0.2) is 11.5 Å². The molecule has 0 aliphatic carbocycles. The van der Waals surface area contributed by atoms with E-state index < -0.39 is 17.8 Å². The summed E-state index contributed by atoms with van der Waals surface area (Å²) in [6.45, 7) is 0.122. The topological polar surface area (TPSA) is 67.9 Å². The summed E-state index contributed by atoms with van der Waals surface area (Å²) in [5.74, 6) is -0.307. The SMILES string of the molecule is COc1cc(/C=C2/NC(=O)N(Cc3ccccc3F)C2=O)cc(Cl)c1OCc1ccc(I)cc1. The number of methoxy groups -OCH3 is 1. The van der Waals surface area contributed by atoms with Gasteiger partial charge in [0.05, 0.1) is 18.7 Å². The van der Waals surface area contributed by atoms with E-state index >= 15 is 0 Å². The van der Waals surface area contributed by atoms with Crippen LogP contribution in [-0.2, 0) is 17.9 Å². The maximum absolute atomic E-state index is 14.0. The Labute approximate surface area is 214 Å². The zero-order chi connectivity index (χ0) is 24.2. The van der Waals surface area contributed by atoms with Crippen molar-refractivity contribution in [2.75, 3.05) is 7.11 Å². The Kier molecular flexibility index (Phi) is 7.38. The fourth-order valence-electron chi connectivity index (χ4n) is 3.38. The van der Waals surface area contributed by atoms with Gasteiger partial charge in [-0.15, -0.1) is 0 Å². The van der Waals surface area contributed by atoms with Gasteiger partial charge in [-0.05, 0) is 70.1 Å². The molecule has 174 valence electrons. The molecular formula is C25H19ClFIN2O4. The average molecular weight is 593 g/mol. The molecule has 34 heavy (non-hydrogen) atoms. The van der Waals surface area contributed by atoms with Crippen LogP contribution in [0.25, 0.3) is 6.08 Å². The lowest BCUT2D eigenvalue weighted by atomic mass is 10.1. The van der Waals surface area contributed by atoms with E-state index in [4.69, 9.17) is 21.1 Å². The predicted octanol–water partition coefficient (Wildman–Crippen LogP) is 5.76. The molecule has 0 radical (unpaired) electrons. The number of ether oxygens (including phenoxy) is 2. The van der Waals surface area contributed by atoms with Crippen molar-refractivity contribution in [1.82, 2.24) is 10.2 Å². The van der Waals surface area contributed by atoms with Gasteiger partial charge in [0, 0.05) is 9.13 Å². The van der Waals surface area contributed by atoms with Crippen molar-refractivity contribution < 1.29 is 23.5 Å². The van der Waals surface area contributed by atoms with Crippen molar-refractivity contribution in [1.29, 1.82) is 0 Å². The van der Waals surface area contributed by atoms with E-state index in [2.05, 4.69) is 27.9 Å². The van der Waals surface area contributed by atoms with Gasteiger partial charge in [0.25, 0.3) is 5.91 Å². The molecule has 1 fully saturated rings. The van der Waals surface area contributed by atoms with Gasteiger partial charge in [-0.1, -0.05) is 41.9 Å². The first-order valence-corrected chi connectivity index (χ1v) is 11.6. The molecule has 1 saturated heterocycles. The number of imide groups is 1. The summed E-state index contributed by atoms with van der Waals surface area (Å²) in [4.78, 5) is 26.1. The molecule has 1 aliphatic heterocycles. The summed E-state index contributed by atoms with van der Waals surface area (Å²) >= 11 is 8.68. The zero-order valence-electron chi connectivity index (χ0n) is 18.0. The minimum Gasteiger partial charge on any atom is -0.493 e. The highest BCUT2D eigenvalue weighted by atomic mass is 127. The molecule has 3 aromatic carbocycles. The van der Waals surface area contributed by atoms with Crippen molar-refractivity contribution in [3.63, 3.8) is 0 Å². The van der Waals surface area contributed by atoms with Crippen molar-refractivity contribution in [2.24, 2.45) is 0 Å². The number of carbonyl (C=O) groups excluding carboxylic acids is 2. The Hall–Kier alpha value is -3.11.